The van der Waals surface area contributed by atoms with Gasteiger partial charge in [-0.25, -0.2) is 4.79 Å². The summed E-state index contributed by atoms with van der Waals surface area (Å²) >= 11 is 0. The third-order valence-corrected chi connectivity index (χ3v) is 5.11. The minimum absolute atomic E-state index is 0.125. The lowest BCUT2D eigenvalue weighted by Crippen LogP contribution is -2.28. The number of tetrazole rings is 1. The molecule has 0 atom stereocenters. The van der Waals surface area contributed by atoms with E-state index in [0.717, 1.165) is 22.6 Å². The number of hydrogen-bond acceptors (Lipinski definition) is 5. The lowest BCUT2D eigenvalue weighted by molar-refractivity contribution is -0.137. The number of aromatic nitrogens is 4. The van der Waals surface area contributed by atoms with Crippen LogP contribution >= 0.6 is 0 Å². The number of amides is 1. The highest BCUT2D eigenvalue weighted by Gasteiger charge is 2.31. The Hall–Kier alpha value is -3.63. The van der Waals surface area contributed by atoms with Crippen LogP contribution in [-0.2, 0) is 19.1 Å². The lowest BCUT2D eigenvalue weighted by Gasteiger charge is -2.21. The standard InChI is InChI=1S/C20H20F3N5O3.C3H6/c1-3-28(19(29)30)11-13-10-14(20(21,22)23)5-6-15(13)16-8-12(4-7-17(16)31-2)9-18-24-26-27-25-18;1-2-3-1/h4-8,10H,3,9,11H2,1-2H3,(H,29,30)(H,24,25,26,27);1-3H2. The van der Waals surface area contributed by atoms with Gasteiger partial charge >= 0.3 is 12.3 Å². The summed E-state index contributed by atoms with van der Waals surface area (Å²) in [6.07, 6.45) is -0.929. The molecule has 1 saturated carbocycles. The summed E-state index contributed by atoms with van der Waals surface area (Å²) in [4.78, 5) is 12.5. The molecule has 4 rings (SSSR count). The second-order valence-corrected chi connectivity index (χ2v) is 7.77. The monoisotopic (exact) mass is 477 g/mol. The zero-order valence-electron chi connectivity index (χ0n) is 18.9. The largest absolute Gasteiger partial charge is 0.496 e. The maximum atomic E-state index is 13.3. The summed E-state index contributed by atoms with van der Waals surface area (Å²) in [7, 11) is 1.46. The number of halogens is 3. The number of nitrogens with one attached hydrogen (secondary N) is 1. The van der Waals surface area contributed by atoms with Gasteiger partial charge in [0, 0.05) is 25.1 Å². The van der Waals surface area contributed by atoms with Crippen molar-refractivity contribution in [2.75, 3.05) is 13.7 Å². The Balaban J connectivity index is 0.000000999. The quantitative estimate of drug-likeness (QED) is 0.487. The first kappa shape index (κ1) is 25.0. The highest BCUT2D eigenvalue weighted by Crippen LogP contribution is 2.38. The molecule has 1 aromatic heterocycles. The number of hydrogen-bond donors (Lipinski definition) is 2. The van der Waals surface area contributed by atoms with E-state index in [4.69, 9.17) is 4.74 Å². The SMILES string of the molecule is C1CC1.CCN(Cc1cc(C(F)(F)F)ccc1-c1cc(Cc2nn[nH]n2)ccc1OC)C(=O)O. The number of aromatic amines is 1. The smallest absolute Gasteiger partial charge is 0.416 e. The summed E-state index contributed by atoms with van der Waals surface area (Å²) in [5.41, 5.74) is 1.13. The molecular weight excluding hydrogens is 451 g/mol. The lowest BCUT2D eigenvalue weighted by atomic mass is 9.94. The van der Waals surface area contributed by atoms with Crippen LogP contribution in [0.2, 0.25) is 0 Å². The molecule has 182 valence electrons. The van der Waals surface area contributed by atoms with Crippen LogP contribution in [0.3, 0.4) is 0 Å². The van der Waals surface area contributed by atoms with Crippen LogP contribution in [0.25, 0.3) is 11.1 Å². The van der Waals surface area contributed by atoms with E-state index >= 15 is 0 Å². The molecule has 8 nitrogen and oxygen atoms in total. The maximum absolute atomic E-state index is 13.3. The average molecular weight is 477 g/mol. The van der Waals surface area contributed by atoms with Gasteiger partial charge in [-0.3, -0.25) is 0 Å². The molecule has 0 spiro atoms. The fraction of sp³-hybridized carbons (Fsp3) is 0.391. The van der Waals surface area contributed by atoms with Gasteiger partial charge in [-0.15, -0.1) is 10.2 Å². The van der Waals surface area contributed by atoms with Crippen molar-refractivity contribution in [2.45, 2.75) is 45.3 Å². The summed E-state index contributed by atoms with van der Waals surface area (Å²) in [5.74, 6) is 0.892. The summed E-state index contributed by atoms with van der Waals surface area (Å²) in [6.45, 7) is 1.54. The first-order chi connectivity index (χ1) is 16.2. The third kappa shape index (κ3) is 6.69. The van der Waals surface area contributed by atoms with Crippen molar-refractivity contribution in [3.05, 3.63) is 58.9 Å². The van der Waals surface area contributed by atoms with Crippen molar-refractivity contribution in [2.24, 2.45) is 0 Å². The number of H-pyrrole nitrogens is 1. The minimum Gasteiger partial charge on any atom is -0.496 e. The number of alkyl halides is 3. The predicted molar refractivity (Wildman–Crippen MR) is 118 cm³/mol. The highest BCUT2D eigenvalue weighted by molar-refractivity contribution is 5.75. The molecule has 1 aliphatic carbocycles. The maximum Gasteiger partial charge on any atom is 0.416 e. The summed E-state index contributed by atoms with van der Waals surface area (Å²) < 4.78 is 45.4. The van der Waals surface area contributed by atoms with Gasteiger partial charge in [-0.05, 0) is 47.9 Å². The van der Waals surface area contributed by atoms with Gasteiger partial charge in [0.1, 0.15) is 5.75 Å². The third-order valence-electron chi connectivity index (χ3n) is 5.11. The molecule has 1 aliphatic rings. The van der Waals surface area contributed by atoms with Crippen molar-refractivity contribution in [1.82, 2.24) is 25.5 Å². The second-order valence-electron chi connectivity index (χ2n) is 7.77. The number of methoxy groups -OCH3 is 1. The molecule has 2 N–H and O–H groups in total. The molecule has 0 unspecified atom stereocenters. The molecule has 1 amide bonds. The number of nitrogens with zero attached hydrogens (tertiary/aromatic N) is 4. The Morgan fingerprint density at radius 3 is 2.41 bits per heavy atom. The first-order valence-electron chi connectivity index (χ1n) is 10.8. The Kier molecular flexibility index (Phi) is 8.08. The van der Waals surface area contributed by atoms with Gasteiger partial charge in [0.2, 0.25) is 0 Å². The molecule has 0 bridgehead atoms. The number of carboxylic acid groups (broad SMARTS) is 1. The molecular formula is C23H26F3N5O3. The number of carbonyl (C=O) groups is 1. The van der Waals surface area contributed by atoms with E-state index in [1.54, 1.807) is 25.1 Å². The summed E-state index contributed by atoms with van der Waals surface area (Å²) in [5, 5.41) is 23.1. The number of benzene rings is 2. The minimum atomic E-state index is -4.56. The van der Waals surface area contributed by atoms with E-state index in [2.05, 4.69) is 20.6 Å². The van der Waals surface area contributed by atoms with Gasteiger partial charge in [-0.1, -0.05) is 36.6 Å². The van der Waals surface area contributed by atoms with E-state index in [1.165, 1.54) is 32.4 Å². The van der Waals surface area contributed by atoms with Crippen molar-refractivity contribution in [3.8, 4) is 16.9 Å². The van der Waals surface area contributed by atoms with Crippen molar-refractivity contribution in [3.63, 3.8) is 0 Å². The van der Waals surface area contributed by atoms with Crippen LogP contribution in [-0.4, -0.2) is 50.4 Å². The summed E-state index contributed by atoms with van der Waals surface area (Å²) in [6, 6.07) is 8.54. The van der Waals surface area contributed by atoms with E-state index in [0.29, 0.717) is 29.1 Å². The van der Waals surface area contributed by atoms with Gasteiger partial charge in [0.25, 0.3) is 0 Å². The molecule has 0 radical (unpaired) electrons. The Morgan fingerprint density at radius 1 is 1.15 bits per heavy atom. The molecule has 0 aliphatic heterocycles. The zero-order chi connectivity index (χ0) is 24.7. The molecule has 0 saturated heterocycles. The highest BCUT2D eigenvalue weighted by atomic mass is 19.4. The molecule has 2 aromatic carbocycles. The molecule has 1 fully saturated rings. The Labute approximate surface area is 194 Å². The van der Waals surface area contributed by atoms with Gasteiger partial charge in [0.15, 0.2) is 5.82 Å². The fourth-order valence-electron chi connectivity index (χ4n) is 3.20. The average Bonchev–Trinajstić information content (AvgIpc) is 3.61. The van der Waals surface area contributed by atoms with Crippen molar-refractivity contribution in [1.29, 1.82) is 0 Å². The zero-order valence-corrected chi connectivity index (χ0v) is 18.9. The van der Waals surface area contributed by atoms with E-state index < -0.39 is 17.8 Å². The van der Waals surface area contributed by atoms with E-state index in [9.17, 15) is 23.1 Å². The van der Waals surface area contributed by atoms with Crippen molar-refractivity contribution >= 4 is 6.09 Å². The molecule has 34 heavy (non-hydrogen) atoms. The topological polar surface area (TPSA) is 104 Å². The molecule has 11 heteroatoms. The van der Waals surface area contributed by atoms with E-state index in [1.807, 2.05) is 0 Å². The first-order valence-corrected chi connectivity index (χ1v) is 10.8. The van der Waals surface area contributed by atoms with Crippen molar-refractivity contribution < 1.29 is 27.8 Å². The van der Waals surface area contributed by atoms with Crippen LogP contribution in [0.1, 0.15) is 48.7 Å². The normalized spacial score (nSPS) is 12.5. The van der Waals surface area contributed by atoms with Crippen LogP contribution < -0.4 is 4.74 Å². The molecule has 1 heterocycles. The predicted octanol–water partition coefficient (Wildman–Crippen LogP) is 5.16. The van der Waals surface area contributed by atoms with Gasteiger partial charge < -0.3 is 14.7 Å². The number of rotatable bonds is 7. The Morgan fingerprint density at radius 2 is 1.88 bits per heavy atom. The Bertz CT molecular complexity index is 1100. The van der Waals surface area contributed by atoms with Crippen LogP contribution in [0, 0.1) is 0 Å². The van der Waals surface area contributed by atoms with E-state index in [-0.39, 0.29) is 18.7 Å². The number of ether oxygens (including phenoxy) is 1. The molecule has 3 aromatic rings. The fourth-order valence-corrected chi connectivity index (χ4v) is 3.20. The van der Waals surface area contributed by atoms with Crippen LogP contribution in [0.5, 0.6) is 5.75 Å². The van der Waals surface area contributed by atoms with Crippen LogP contribution in [0.15, 0.2) is 36.4 Å². The second kappa shape index (κ2) is 11.0. The van der Waals surface area contributed by atoms with Gasteiger partial charge in [-0.2, -0.15) is 18.4 Å². The van der Waals surface area contributed by atoms with Crippen LogP contribution in [0.4, 0.5) is 18.0 Å². The van der Waals surface area contributed by atoms with Gasteiger partial charge in [0.05, 0.1) is 12.7 Å².